The van der Waals surface area contributed by atoms with Crippen LogP contribution >= 0.6 is 34.7 Å². The molecule has 0 spiro atoms. The highest BCUT2D eigenvalue weighted by Crippen LogP contribution is 2.32. The van der Waals surface area contributed by atoms with Gasteiger partial charge in [0.05, 0.1) is 5.25 Å². The molecule has 0 aliphatic heterocycles. The maximum absolute atomic E-state index is 12.2. The fraction of sp³-hybridized carbons (Fsp3) is 0.188. The van der Waals surface area contributed by atoms with E-state index in [2.05, 4.69) is 30.8 Å². The van der Waals surface area contributed by atoms with E-state index in [0.29, 0.717) is 14.5 Å². The molecule has 2 aromatic heterocycles. The van der Waals surface area contributed by atoms with Crippen LogP contribution in [0.2, 0.25) is 5.02 Å². The molecule has 7 nitrogen and oxygen atoms in total. The van der Waals surface area contributed by atoms with Gasteiger partial charge in [0.2, 0.25) is 17.0 Å². The largest absolute Gasteiger partial charge is 0.330 e. The SMILES string of the molecule is Cc1c(Cl)cccc1Nc1nnc(SC(C)C(=O)Nc2ncccn2)s1. The minimum absolute atomic E-state index is 0.198. The van der Waals surface area contributed by atoms with Gasteiger partial charge in [-0.2, -0.15) is 0 Å². The average molecular weight is 407 g/mol. The Bertz CT molecular complexity index is 905. The van der Waals surface area contributed by atoms with Crippen LogP contribution in [0, 0.1) is 6.92 Å². The van der Waals surface area contributed by atoms with Crippen LogP contribution in [0.5, 0.6) is 0 Å². The van der Waals surface area contributed by atoms with Gasteiger partial charge in [0.1, 0.15) is 0 Å². The zero-order valence-corrected chi connectivity index (χ0v) is 16.3. The van der Waals surface area contributed by atoms with Crippen molar-refractivity contribution in [2.24, 2.45) is 0 Å². The number of nitrogens with one attached hydrogen (secondary N) is 2. The van der Waals surface area contributed by atoms with E-state index in [4.69, 9.17) is 11.6 Å². The molecule has 26 heavy (non-hydrogen) atoms. The molecule has 1 unspecified atom stereocenters. The molecule has 3 rings (SSSR count). The van der Waals surface area contributed by atoms with Crippen LogP contribution in [-0.2, 0) is 4.79 Å². The van der Waals surface area contributed by atoms with E-state index in [0.717, 1.165) is 11.3 Å². The molecular weight excluding hydrogens is 392 g/mol. The van der Waals surface area contributed by atoms with Gasteiger partial charge in [0, 0.05) is 23.1 Å². The lowest BCUT2D eigenvalue weighted by Gasteiger charge is -2.08. The van der Waals surface area contributed by atoms with Crippen LogP contribution in [-0.4, -0.2) is 31.3 Å². The predicted molar refractivity (Wildman–Crippen MR) is 105 cm³/mol. The second-order valence-electron chi connectivity index (χ2n) is 5.23. The summed E-state index contributed by atoms with van der Waals surface area (Å²) in [6.45, 7) is 3.72. The molecule has 0 radical (unpaired) electrons. The summed E-state index contributed by atoms with van der Waals surface area (Å²) in [5, 5.41) is 15.1. The normalized spacial score (nSPS) is 11.8. The minimum atomic E-state index is -0.368. The Kier molecular flexibility index (Phi) is 6.02. The molecule has 2 heterocycles. The monoisotopic (exact) mass is 406 g/mol. The first-order valence-corrected chi connectivity index (χ1v) is 9.70. The third-order valence-electron chi connectivity index (χ3n) is 3.36. The third-order valence-corrected chi connectivity index (χ3v) is 5.80. The van der Waals surface area contributed by atoms with Crippen molar-refractivity contribution in [1.29, 1.82) is 0 Å². The summed E-state index contributed by atoms with van der Waals surface area (Å²) in [5.41, 5.74) is 1.81. The van der Waals surface area contributed by atoms with Crippen molar-refractivity contribution in [1.82, 2.24) is 20.2 Å². The molecule has 1 atom stereocenters. The lowest BCUT2D eigenvalue weighted by atomic mass is 10.2. The predicted octanol–water partition coefficient (Wildman–Crippen LogP) is 4.15. The Morgan fingerprint density at radius 1 is 1.23 bits per heavy atom. The number of hydrogen-bond donors (Lipinski definition) is 2. The summed E-state index contributed by atoms with van der Waals surface area (Å²) in [4.78, 5) is 20.2. The average Bonchev–Trinajstić information content (AvgIpc) is 3.07. The van der Waals surface area contributed by atoms with Crippen molar-refractivity contribution >= 4 is 57.4 Å². The second-order valence-corrected chi connectivity index (χ2v) is 8.20. The van der Waals surface area contributed by atoms with Gasteiger partial charge in [-0.05, 0) is 37.6 Å². The number of nitrogens with zero attached hydrogens (tertiary/aromatic N) is 4. The number of aromatic nitrogens is 4. The maximum Gasteiger partial charge on any atom is 0.240 e. The number of amides is 1. The van der Waals surface area contributed by atoms with Gasteiger partial charge in [-0.1, -0.05) is 40.8 Å². The zero-order valence-electron chi connectivity index (χ0n) is 13.9. The van der Waals surface area contributed by atoms with Gasteiger partial charge in [-0.3, -0.25) is 10.1 Å². The molecule has 0 saturated heterocycles. The summed E-state index contributed by atoms with van der Waals surface area (Å²) in [6.07, 6.45) is 3.14. The van der Waals surface area contributed by atoms with E-state index in [1.807, 2.05) is 25.1 Å². The highest BCUT2D eigenvalue weighted by atomic mass is 35.5. The van der Waals surface area contributed by atoms with Gasteiger partial charge in [0.15, 0.2) is 4.34 Å². The minimum Gasteiger partial charge on any atom is -0.330 e. The molecule has 1 amide bonds. The summed E-state index contributed by atoms with van der Waals surface area (Å²) < 4.78 is 0.684. The molecular formula is C16H15ClN6OS2. The molecule has 3 aromatic rings. The Labute approximate surface area is 163 Å². The lowest BCUT2D eigenvalue weighted by Crippen LogP contribution is -2.23. The van der Waals surface area contributed by atoms with Gasteiger partial charge >= 0.3 is 0 Å². The van der Waals surface area contributed by atoms with E-state index in [1.54, 1.807) is 25.4 Å². The van der Waals surface area contributed by atoms with E-state index in [9.17, 15) is 4.79 Å². The number of rotatable bonds is 6. The number of anilines is 3. The number of carbonyl (C=O) groups excluding carboxylic acids is 1. The summed E-state index contributed by atoms with van der Waals surface area (Å²) in [5.74, 6) is 0.0811. The third kappa shape index (κ3) is 4.69. The molecule has 10 heteroatoms. The standard InChI is InChI=1S/C16H15ClN6OS2/c1-9-11(17)5-3-6-12(9)20-15-22-23-16(26-15)25-10(2)13(24)21-14-18-7-4-8-19-14/h3-8,10H,1-2H3,(H,20,22)(H,18,19,21,24). The zero-order chi connectivity index (χ0) is 18.5. The molecule has 0 aliphatic carbocycles. The summed E-state index contributed by atoms with van der Waals surface area (Å²) in [7, 11) is 0. The Morgan fingerprint density at radius 3 is 2.77 bits per heavy atom. The number of thioether (sulfide) groups is 1. The van der Waals surface area contributed by atoms with Crippen molar-refractivity contribution in [2.75, 3.05) is 10.6 Å². The topological polar surface area (TPSA) is 92.7 Å². The fourth-order valence-electron chi connectivity index (χ4n) is 1.95. The molecule has 0 saturated carbocycles. The highest BCUT2D eigenvalue weighted by molar-refractivity contribution is 8.02. The smallest absolute Gasteiger partial charge is 0.240 e. The molecule has 134 valence electrons. The van der Waals surface area contributed by atoms with E-state index < -0.39 is 0 Å². The molecule has 1 aromatic carbocycles. The molecule has 0 bridgehead atoms. The highest BCUT2D eigenvalue weighted by Gasteiger charge is 2.18. The lowest BCUT2D eigenvalue weighted by molar-refractivity contribution is -0.115. The van der Waals surface area contributed by atoms with Crippen molar-refractivity contribution in [3.8, 4) is 0 Å². The summed E-state index contributed by atoms with van der Waals surface area (Å²) in [6, 6.07) is 7.31. The Hall–Kier alpha value is -2.23. The fourth-order valence-corrected chi connectivity index (χ4v) is 4.03. The van der Waals surface area contributed by atoms with Gasteiger partial charge in [-0.25, -0.2) is 9.97 Å². The maximum atomic E-state index is 12.2. The first-order valence-electron chi connectivity index (χ1n) is 7.63. The van der Waals surface area contributed by atoms with Gasteiger partial charge in [0.25, 0.3) is 0 Å². The Morgan fingerprint density at radius 2 is 2.00 bits per heavy atom. The molecule has 0 aliphatic rings. The van der Waals surface area contributed by atoms with Crippen molar-refractivity contribution in [2.45, 2.75) is 23.4 Å². The van der Waals surface area contributed by atoms with E-state index in [1.165, 1.54) is 23.1 Å². The molecule has 0 fully saturated rings. The second kappa shape index (κ2) is 8.43. The van der Waals surface area contributed by atoms with Crippen LogP contribution < -0.4 is 10.6 Å². The van der Waals surface area contributed by atoms with E-state index >= 15 is 0 Å². The first kappa shape index (κ1) is 18.6. The van der Waals surface area contributed by atoms with Crippen LogP contribution in [0.15, 0.2) is 41.0 Å². The van der Waals surface area contributed by atoms with Crippen LogP contribution in [0.3, 0.4) is 0 Å². The number of benzene rings is 1. The van der Waals surface area contributed by atoms with Crippen molar-refractivity contribution in [3.63, 3.8) is 0 Å². The number of carbonyl (C=O) groups is 1. The van der Waals surface area contributed by atoms with Crippen LogP contribution in [0.25, 0.3) is 0 Å². The van der Waals surface area contributed by atoms with Gasteiger partial charge in [-0.15, -0.1) is 10.2 Å². The summed E-state index contributed by atoms with van der Waals surface area (Å²) >= 11 is 8.81. The number of halogens is 1. The number of hydrogen-bond acceptors (Lipinski definition) is 8. The van der Waals surface area contributed by atoms with Crippen molar-refractivity contribution in [3.05, 3.63) is 47.2 Å². The van der Waals surface area contributed by atoms with Gasteiger partial charge < -0.3 is 5.32 Å². The van der Waals surface area contributed by atoms with Crippen LogP contribution in [0.1, 0.15) is 12.5 Å². The quantitative estimate of drug-likeness (QED) is 0.594. The first-order chi connectivity index (χ1) is 12.5. The van der Waals surface area contributed by atoms with E-state index in [-0.39, 0.29) is 17.1 Å². The Balaban J connectivity index is 1.61. The molecule has 2 N–H and O–H groups in total. The van der Waals surface area contributed by atoms with Crippen molar-refractivity contribution < 1.29 is 4.79 Å². The van der Waals surface area contributed by atoms with Crippen LogP contribution in [0.4, 0.5) is 16.8 Å².